The van der Waals surface area contributed by atoms with Crippen LogP contribution in [0.3, 0.4) is 0 Å². The molecule has 2 nitrogen and oxygen atoms in total. The second kappa shape index (κ2) is 8.54. The average molecular weight is 206 g/mol. The van der Waals surface area contributed by atoms with E-state index in [1.807, 2.05) is 6.08 Å². The maximum Gasteiger partial charge on any atom is 0.0692 e. The second-order valence-electron chi connectivity index (χ2n) is 3.16. The van der Waals surface area contributed by atoms with Crippen LogP contribution in [-0.4, -0.2) is 24.3 Å². The maximum atomic E-state index is 9.69. The number of aliphatic hydroxyl groups is 1. The molecule has 0 amide bonds. The molecule has 0 aliphatic rings. The fraction of sp³-hybridized carbons (Fsp3) is 0.800. The first-order chi connectivity index (χ1) is 6.26. The summed E-state index contributed by atoms with van der Waals surface area (Å²) in [7, 11) is 0. The number of halogens is 1. The first-order valence-corrected chi connectivity index (χ1v) is 5.33. The van der Waals surface area contributed by atoms with Gasteiger partial charge in [-0.25, -0.2) is 0 Å². The van der Waals surface area contributed by atoms with E-state index in [0.29, 0.717) is 12.5 Å². The fourth-order valence-electron chi connectivity index (χ4n) is 1.36. The van der Waals surface area contributed by atoms with E-state index >= 15 is 0 Å². The Morgan fingerprint density at radius 3 is 2.46 bits per heavy atom. The second-order valence-corrected chi connectivity index (χ2v) is 3.42. The van der Waals surface area contributed by atoms with Crippen molar-refractivity contribution in [1.29, 1.82) is 0 Å². The number of rotatable bonds is 7. The van der Waals surface area contributed by atoms with Gasteiger partial charge in [0, 0.05) is 18.6 Å². The topological polar surface area (TPSA) is 32.3 Å². The molecule has 0 heterocycles. The van der Waals surface area contributed by atoms with Crippen LogP contribution in [0.25, 0.3) is 0 Å². The lowest BCUT2D eigenvalue weighted by molar-refractivity contribution is 0.103. The summed E-state index contributed by atoms with van der Waals surface area (Å²) in [6.45, 7) is 5.58. The third-order valence-corrected chi connectivity index (χ3v) is 2.48. The molecule has 78 valence electrons. The van der Waals surface area contributed by atoms with Crippen LogP contribution >= 0.6 is 11.6 Å². The van der Waals surface area contributed by atoms with Crippen LogP contribution in [0.2, 0.25) is 0 Å². The lowest BCUT2D eigenvalue weighted by Gasteiger charge is -2.19. The van der Waals surface area contributed by atoms with Crippen molar-refractivity contribution in [3.05, 3.63) is 11.6 Å². The zero-order valence-corrected chi connectivity index (χ0v) is 9.22. The molecule has 1 unspecified atom stereocenters. The zero-order valence-electron chi connectivity index (χ0n) is 8.46. The van der Waals surface area contributed by atoms with Crippen molar-refractivity contribution in [2.45, 2.75) is 32.8 Å². The van der Waals surface area contributed by atoms with Gasteiger partial charge in [0.05, 0.1) is 6.10 Å². The molecular weight excluding hydrogens is 186 g/mol. The van der Waals surface area contributed by atoms with Crippen molar-refractivity contribution in [2.24, 2.45) is 5.92 Å². The molecule has 0 saturated carbocycles. The summed E-state index contributed by atoms with van der Waals surface area (Å²) >= 11 is 5.35. The highest BCUT2D eigenvalue weighted by atomic mass is 35.5. The van der Waals surface area contributed by atoms with Crippen molar-refractivity contribution in [3.63, 3.8) is 0 Å². The molecule has 0 fully saturated rings. The standard InChI is InChI=1S/C10H20ClNO/c1-3-9(4-2)10(13)8-12-7-5-6-11/h5-6,9-10,12-13H,3-4,7-8H2,1-2H3/b6-5+. The lowest BCUT2D eigenvalue weighted by Crippen LogP contribution is -2.32. The summed E-state index contributed by atoms with van der Waals surface area (Å²) in [4.78, 5) is 0. The first-order valence-electron chi connectivity index (χ1n) is 4.90. The van der Waals surface area contributed by atoms with Gasteiger partial charge in [0.15, 0.2) is 0 Å². The maximum absolute atomic E-state index is 9.69. The molecule has 0 aliphatic heterocycles. The molecule has 3 heteroatoms. The normalized spacial score (nSPS) is 14.2. The van der Waals surface area contributed by atoms with Gasteiger partial charge in [-0.1, -0.05) is 44.4 Å². The molecule has 0 bridgehead atoms. The van der Waals surface area contributed by atoms with Crippen molar-refractivity contribution in [3.8, 4) is 0 Å². The fourth-order valence-corrected chi connectivity index (χ4v) is 1.45. The summed E-state index contributed by atoms with van der Waals surface area (Å²) in [5.41, 5.74) is 1.48. The molecule has 0 spiro atoms. The van der Waals surface area contributed by atoms with E-state index in [1.165, 1.54) is 5.54 Å². The van der Waals surface area contributed by atoms with E-state index in [2.05, 4.69) is 19.2 Å². The largest absolute Gasteiger partial charge is 0.392 e. The Balaban J connectivity index is 3.53. The monoisotopic (exact) mass is 205 g/mol. The van der Waals surface area contributed by atoms with Gasteiger partial charge in [-0.15, -0.1) is 0 Å². The van der Waals surface area contributed by atoms with Crippen molar-refractivity contribution < 1.29 is 5.11 Å². The highest BCUT2D eigenvalue weighted by Gasteiger charge is 2.13. The minimum atomic E-state index is -0.237. The highest BCUT2D eigenvalue weighted by Crippen LogP contribution is 2.11. The van der Waals surface area contributed by atoms with Crippen LogP contribution in [-0.2, 0) is 0 Å². The predicted molar refractivity (Wildman–Crippen MR) is 57.9 cm³/mol. The van der Waals surface area contributed by atoms with E-state index < -0.39 is 0 Å². The first kappa shape index (κ1) is 12.9. The van der Waals surface area contributed by atoms with Gasteiger partial charge >= 0.3 is 0 Å². The van der Waals surface area contributed by atoms with Crippen LogP contribution in [0, 0.1) is 5.92 Å². The van der Waals surface area contributed by atoms with E-state index in [1.54, 1.807) is 0 Å². The van der Waals surface area contributed by atoms with Crippen molar-refractivity contribution in [2.75, 3.05) is 13.1 Å². The Bertz CT molecular complexity index is 135. The molecule has 2 N–H and O–H groups in total. The SMILES string of the molecule is CCC(CC)C(O)CNC/C=C/Cl. The van der Waals surface area contributed by atoms with Gasteiger partial charge in [-0.05, 0) is 5.92 Å². The van der Waals surface area contributed by atoms with E-state index in [0.717, 1.165) is 19.4 Å². The number of hydrogen-bond donors (Lipinski definition) is 2. The predicted octanol–water partition coefficient (Wildman–Crippen LogP) is 2.13. The van der Waals surface area contributed by atoms with E-state index in [-0.39, 0.29) is 6.10 Å². The van der Waals surface area contributed by atoms with Gasteiger partial charge in [-0.3, -0.25) is 0 Å². The summed E-state index contributed by atoms with van der Waals surface area (Å²) in [6, 6.07) is 0. The van der Waals surface area contributed by atoms with E-state index in [9.17, 15) is 5.11 Å². The Hall–Kier alpha value is -0.0500. The third kappa shape index (κ3) is 6.08. The Morgan fingerprint density at radius 1 is 1.38 bits per heavy atom. The van der Waals surface area contributed by atoms with Gasteiger partial charge < -0.3 is 10.4 Å². The Morgan fingerprint density at radius 2 is 2.00 bits per heavy atom. The molecule has 0 aliphatic carbocycles. The summed E-state index contributed by atoms with van der Waals surface area (Å²) in [5.74, 6) is 0.410. The summed E-state index contributed by atoms with van der Waals surface area (Å²) in [5, 5.41) is 12.8. The van der Waals surface area contributed by atoms with Gasteiger partial charge in [0.1, 0.15) is 0 Å². The van der Waals surface area contributed by atoms with Crippen molar-refractivity contribution >= 4 is 11.6 Å². The highest BCUT2D eigenvalue weighted by molar-refractivity contribution is 6.25. The molecular formula is C10H20ClNO. The van der Waals surface area contributed by atoms with Crippen LogP contribution in [0.4, 0.5) is 0 Å². The molecule has 0 aromatic rings. The van der Waals surface area contributed by atoms with Gasteiger partial charge in [0.25, 0.3) is 0 Å². The minimum absolute atomic E-state index is 0.237. The Labute approximate surface area is 86.0 Å². The van der Waals surface area contributed by atoms with Crippen molar-refractivity contribution in [1.82, 2.24) is 5.32 Å². The smallest absolute Gasteiger partial charge is 0.0692 e. The molecule has 0 radical (unpaired) electrons. The molecule has 1 atom stereocenters. The Kier molecular flexibility index (Phi) is 8.51. The minimum Gasteiger partial charge on any atom is -0.392 e. The number of hydrogen-bond acceptors (Lipinski definition) is 2. The number of nitrogens with one attached hydrogen (secondary N) is 1. The van der Waals surface area contributed by atoms with Gasteiger partial charge in [-0.2, -0.15) is 0 Å². The van der Waals surface area contributed by atoms with E-state index in [4.69, 9.17) is 11.6 Å². The molecule has 0 aromatic carbocycles. The van der Waals surface area contributed by atoms with Gasteiger partial charge in [0.2, 0.25) is 0 Å². The van der Waals surface area contributed by atoms with Crippen LogP contribution in [0.1, 0.15) is 26.7 Å². The molecule has 0 rings (SSSR count). The molecule has 0 saturated heterocycles. The molecule has 0 aromatic heterocycles. The number of aliphatic hydroxyl groups excluding tert-OH is 1. The molecule has 13 heavy (non-hydrogen) atoms. The lowest BCUT2D eigenvalue weighted by atomic mass is 9.97. The third-order valence-electron chi connectivity index (χ3n) is 2.30. The van der Waals surface area contributed by atoms with Crippen LogP contribution < -0.4 is 5.32 Å². The zero-order chi connectivity index (χ0) is 10.1. The van der Waals surface area contributed by atoms with Crippen LogP contribution in [0.5, 0.6) is 0 Å². The summed E-state index contributed by atoms with van der Waals surface area (Å²) in [6.07, 6.45) is 3.65. The summed E-state index contributed by atoms with van der Waals surface area (Å²) < 4.78 is 0. The van der Waals surface area contributed by atoms with Crippen LogP contribution in [0.15, 0.2) is 11.6 Å². The quantitative estimate of drug-likeness (QED) is 0.625. The average Bonchev–Trinajstić information content (AvgIpc) is 2.14.